The average Bonchev–Trinajstić information content (AvgIpc) is 2.99. The van der Waals surface area contributed by atoms with Crippen LogP contribution in [-0.4, -0.2) is 41.1 Å². The molecule has 1 aliphatic heterocycles. The number of hydrogen-bond donors (Lipinski definition) is 2. The van der Waals surface area contributed by atoms with Crippen LogP contribution in [0.25, 0.3) is 0 Å². The average molecular weight is 337 g/mol. The van der Waals surface area contributed by atoms with Gasteiger partial charge < -0.3 is 15.4 Å². The van der Waals surface area contributed by atoms with Crippen molar-refractivity contribution in [1.29, 1.82) is 0 Å². The molecule has 0 spiro atoms. The molecule has 2 rings (SSSR count). The normalized spacial score (nSPS) is 21.3. The smallest absolute Gasteiger partial charge is 0.218 e. The van der Waals surface area contributed by atoms with Gasteiger partial charge in [0.2, 0.25) is 5.88 Å². The number of aliphatic imine (C=N–C) groups is 1. The largest absolute Gasteiger partial charge is 0.478 e. The molecule has 0 aliphatic carbocycles. The first-order valence-electron chi connectivity index (χ1n) is 8.39. The van der Waals surface area contributed by atoms with Crippen molar-refractivity contribution < 1.29 is 4.74 Å². The lowest BCUT2D eigenvalue weighted by Crippen LogP contribution is -2.43. The summed E-state index contributed by atoms with van der Waals surface area (Å²) in [6, 6.07) is 3.93. The van der Waals surface area contributed by atoms with E-state index in [9.17, 15) is 0 Å². The van der Waals surface area contributed by atoms with Crippen molar-refractivity contribution >= 4 is 17.7 Å². The highest BCUT2D eigenvalue weighted by atomic mass is 32.2. The monoisotopic (exact) mass is 336 g/mol. The minimum Gasteiger partial charge on any atom is -0.478 e. The summed E-state index contributed by atoms with van der Waals surface area (Å²) in [6.45, 7) is 9.33. The van der Waals surface area contributed by atoms with Crippen LogP contribution in [0.5, 0.6) is 5.88 Å². The van der Waals surface area contributed by atoms with Crippen molar-refractivity contribution in [3.05, 3.63) is 23.9 Å². The second-order valence-electron chi connectivity index (χ2n) is 5.85. The van der Waals surface area contributed by atoms with Gasteiger partial charge in [0.05, 0.1) is 13.2 Å². The van der Waals surface area contributed by atoms with E-state index in [2.05, 4.69) is 46.2 Å². The Morgan fingerprint density at radius 3 is 3.00 bits per heavy atom. The van der Waals surface area contributed by atoms with E-state index in [0.29, 0.717) is 23.8 Å². The van der Waals surface area contributed by atoms with Crippen molar-refractivity contribution in [3.8, 4) is 5.88 Å². The van der Waals surface area contributed by atoms with Crippen LogP contribution in [0, 0.1) is 0 Å². The Kier molecular flexibility index (Phi) is 7.02. The van der Waals surface area contributed by atoms with Crippen LogP contribution in [-0.2, 0) is 6.54 Å². The molecule has 5 nitrogen and oxygen atoms in total. The molecule has 1 aliphatic rings. The topological polar surface area (TPSA) is 58.5 Å². The summed E-state index contributed by atoms with van der Waals surface area (Å²) in [7, 11) is 0. The minimum absolute atomic E-state index is 0.320. The number of rotatable bonds is 7. The molecule has 0 aromatic carbocycles. The van der Waals surface area contributed by atoms with Crippen molar-refractivity contribution in [1.82, 2.24) is 15.6 Å². The molecule has 1 saturated heterocycles. The number of hydrogen-bond acceptors (Lipinski definition) is 4. The summed E-state index contributed by atoms with van der Waals surface area (Å²) in [5.41, 5.74) is 1.01. The SMILES string of the molecule is CCNC(=NCc1cccnc1OCC)NCC1(C)CCCS1. The maximum absolute atomic E-state index is 5.56. The van der Waals surface area contributed by atoms with Crippen molar-refractivity contribution in [2.24, 2.45) is 4.99 Å². The van der Waals surface area contributed by atoms with E-state index in [1.165, 1.54) is 18.6 Å². The van der Waals surface area contributed by atoms with Crippen LogP contribution in [0.15, 0.2) is 23.3 Å². The summed E-state index contributed by atoms with van der Waals surface area (Å²) >= 11 is 2.05. The molecule has 0 amide bonds. The van der Waals surface area contributed by atoms with Crippen LogP contribution in [0.2, 0.25) is 0 Å². The van der Waals surface area contributed by atoms with E-state index >= 15 is 0 Å². The van der Waals surface area contributed by atoms with Crippen LogP contribution in [0.1, 0.15) is 39.2 Å². The van der Waals surface area contributed by atoms with Gasteiger partial charge in [-0.15, -0.1) is 0 Å². The molecule has 0 radical (unpaired) electrons. The first kappa shape index (κ1) is 17.9. The molecule has 1 aromatic heterocycles. The molecule has 1 atom stereocenters. The van der Waals surface area contributed by atoms with Gasteiger partial charge in [-0.05, 0) is 45.4 Å². The number of thioether (sulfide) groups is 1. The van der Waals surface area contributed by atoms with Gasteiger partial charge >= 0.3 is 0 Å². The Balaban J connectivity index is 1.98. The van der Waals surface area contributed by atoms with Crippen LogP contribution < -0.4 is 15.4 Å². The third kappa shape index (κ3) is 5.61. The number of nitrogens with one attached hydrogen (secondary N) is 2. The van der Waals surface area contributed by atoms with Gasteiger partial charge in [0.1, 0.15) is 0 Å². The summed E-state index contributed by atoms with van der Waals surface area (Å²) < 4.78 is 5.88. The fraction of sp³-hybridized carbons (Fsp3) is 0.647. The molecule has 2 N–H and O–H groups in total. The zero-order valence-electron chi connectivity index (χ0n) is 14.4. The molecular weight excluding hydrogens is 308 g/mol. The number of pyridine rings is 1. The van der Waals surface area contributed by atoms with Gasteiger partial charge in [-0.1, -0.05) is 6.07 Å². The molecule has 1 aromatic rings. The minimum atomic E-state index is 0.320. The van der Waals surface area contributed by atoms with E-state index < -0.39 is 0 Å². The van der Waals surface area contributed by atoms with E-state index in [4.69, 9.17) is 4.74 Å². The van der Waals surface area contributed by atoms with Crippen molar-refractivity contribution in [3.63, 3.8) is 0 Å². The molecule has 0 saturated carbocycles. The second-order valence-corrected chi connectivity index (χ2v) is 7.53. The number of nitrogens with zero attached hydrogens (tertiary/aromatic N) is 2. The molecule has 0 bridgehead atoms. The fourth-order valence-corrected chi connectivity index (χ4v) is 3.81. The van der Waals surface area contributed by atoms with Gasteiger partial charge in [-0.2, -0.15) is 11.8 Å². The number of guanidine groups is 1. The van der Waals surface area contributed by atoms with Gasteiger partial charge in [0.25, 0.3) is 0 Å². The third-order valence-electron chi connectivity index (χ3n) is 3.81. The van der Waals surface area contributed by atoms with Gasteiger partial charge in [-0.3, -0.25) is 0 Å². The van der Waals surface area contributed by atoms with Gasteiger partial charge in [-0.25, -0.2) is 9.98 Å². The Hall–Kier alpha value is -1.43. The third-order valence-corrected chi connectivity index (χ3v) is 5.35. The molecule has 6 heteroatoms. The van der Waals surface area contributed by atoms with Crippen LogP contribution in [0.4, 0.5) is 0 Å². The molecule has 1 unspecified atom stereocenters. The van der Waals surface area contributed by atoms with Gasteiger partial charge in [0, 0.05) is 29.6 Å². The van der Waals surface area contributed by atoms with E-state index in [1.54, 1.807) is 6.20 Å². The van der Waals surface area contributed by atoms with Crippen LogP contribution in [0.3, 0.4) is 0 Å². The number of ether oxygens (including phenoxy) is 1. The summed E-state index contributed by atoms with van der Waals surface area (Å²) in [4.78, 5) is 8.96. The lowest BCUT2D eigenvalue weighted by atomic mass is 10.1. The summed E-state index contributed by atoms with van der Waals surface area (Å²) in [5.74, 6) is 2.79. The van der Waals surface area contributed by atoms with E-state index in [1.807, 2.05) is 19.1 Å². The van der Waals surface area contributed by atoms with Crippen LogP contribution >= 0.6 is 11.8 Å². The number of aromatic nitrogens is 1. The van der Waals surface area contributed by atoms with Crippen molar-refractivity contribution in [2.75, 3.05) is 25.4 Å². The molecule has 128 valence electrons. The highest BCUT2D eigenvalue weighted by molar-refractivity contribution is 8.00. The Labute approximate surface area is 143 Å². The van der Waals surface area contributed by atoms with Crippen molar-refractivity contribution in [2.45, 2.75) is 44.9 Å². The first-order valence-corrected chi connectivity index (χ1v) is 9.38. The standard InChI is InChI=1S/C17H28N4OS/c1-4-18-16(21-13-17(3)9-7-11-23-17)20-12-14-8-6-10-19-15(14)22-5-2/h6,8,10H,4-5,7,9,11-13H2,1-3H3,(H2,18,20,21). The summed E-state index contributed by atoms with van der Waals surface area (Å²) in [6.07, 6.45) is 4.32. The predicted octanol–water partition coefficient (Wildman–Crippen LogP) is 2.82. The Bertz CT molecular complexity index is 515. The summed E-state index contributed by atoms with van der Waals surface area (Å²) in [5, 5.41) is 6.80. The zero-order valence-corrected chi connectivity index (χ0v) is 15.2. The maximum Gasteiger partial charge on any atom is 0.218 e. The van der Waals surface area contributed by atoms with Gasteiger partial charge in [0.15, 0.2) is 5.96 Å². The predicted molar refractivity (Wildman–Crippen MR) is 98.3 cm³/mol. The zero-order chi connectivity index (χ0) is 16.5. The Morgan fingerprint density at radius 2 is 2.30 bits per heavy atom. The highest BCUT2D eigenvalue weighted by Crippen LogP contribution is 2.36. The quantitative estimate of drug-likeness (QED) is 0.592. The molecule has 1 fully saturated rings. The molecule has 23 heavy (non-hydrogen) atoms. The first-order chi connectivity index (χ1) is 11.2. The van der Waals surface area contributed by atoms with E-state index in [0.717, 1.165) is 24.6 Å². The lowest BCUT2D eigenvalue weighted by molar-refractivity contribution is 0.323. The van der Waals surface area contributed by atoms with E-state index in [-0.39, 0.29) is 0 Å². The maximum atomic E-state index is 5.56. The molecular formula is C17H28N4OS. The Morgan fingerprint density at radius 1 is 1.43 bits per heavy atom. The fourth-order valence-electron chi connectivity index (χ4n) is 2.56. The second kappa shape index (κ2) is 9.01. The lowest BCUT2D eigenvalue weighted by Gasteiger charge is -2.24. The molecule has 2 heterocycles. The highest BCUT2D eigenvalue weighted by Gasteiger charge is 2.29.